The van der Waals surface area contributed by atoms with E-state index in [2.05, 4.69) is 18.2 Å². The molecule has 0 fully saturated rings. The molecule has 0 N–H and O–H groups in total. The number of hydrogen-bond donors (Lipinski definition) is 0. The zero-order chi connectivity index (χ0) is 34.4. The molecule has 0 amide bonds. The second-order valence-electron chi connectivity index (χ2n) is 9.58. The second-order valence-corrected chi connectivity index (χ2v) is 10.7. The van der Waals surface area contributed by atoms with Gasteiger partial charge < -0.3 is 0 Å². The summed E-state index contributed by atoms with van der Waals surface area (Å²) < 4.78 is 97.3. The quantitative estimate of drug-likeness (QED) is 0.223. The summed E-state index contributed by atoms with van der Waals surface area (Å²) in [7, 11) is 0. The van der Waals surface area contributed by atoms with Crippen molar-refractivity contribution in [1.29, 1.82) is 0 Å². The highest BCUT2D eigenvalue weighted by molar-refractivity contribution is 7.99. The third-order valence-electron chi connectivity index (χ3n) is 7.65. The first-order valence-electron chi connectivity index (χ1n) is 17.8. The van der Waals surface area contributed by atoms with Gasteiger partial charge in [-0.1, -0.05) is 115 Å². The van der Waals surface area contributed by atoms with Crippen LogP contribution in [-0.2, 0) is 6.42 Å². The van der Waals surface area contributed by atoms with E-state index in [1.54, 1.807) is 11.8 Å². The predicted octanol–water partition coefficient (Wildman–Crippen LogP) is 10.5. The molecule has 0 aromatic heterocycles. The topological polar surface area (TPSA) is 0 Å². The molecule has 7 aromatic carbocycles. The van der Waals surface area contributed by atoms with Crippen LogP contribution in [-0.4, -0.2) is 0 Å². The van der Waals surface area contributed by atoms with Gasteiger partial charge in [0, 0.05) is 15.2 Å². The van der Waals surface area contributed by atoms with E-state index in [4.69, 9.17) is 13.7 Å². The van der Waals surface area contributed by atoms with Crippen LogP contribution in [0, 0.1) is 0 Å². The Hall–Kier alpha value is -4.33. The minimum absolute atomic E-state index is 0.0440. The Morgan fingerprint density at radius 3 is 2.32 bits per heavy atom. The lowest BCUT2D eigenvalue weighted by atomic mass is 9.87. The van der Waals surface area contributed by atoms with Gasteiger partial charge in [-0.15, -0.1) is 0 Å². The van der Waals surface area contributed by atoms with Gasteiger partial charge in [0.1, 0.15) is 0 Å². The molecular formula is C37H22S. The summed E-state index contributed by atoms with van der Waals surface area (Å²) in [6.45, 7) is 0. The zero-order valence-corrected chi connectivity index (χ0v) is 20.6. The smallest absolute Gasteiger partial charge is 0.0636 e. The summed E-state index contributed by atoms with van der Waals surface area (Å²) in [4.78, 5) is 2.22. The molecule has 0 saturated heterocycles. The van der Waals surface area contributed by atoms with Gasteiger partial charge in [0.05, 0.1) is 15.1 Å². The minimum atomic E-state index is -0.508. The average molecular weight is 510 g/mol. The van der Waals surface area contributed by atoms with Gasteiger partial charge in [0.25, 0.3) is 0 Å². The van der Waals surface area contributed by atoms with E-state index in [0.29, 0.717) is 5.56 Å². The molecule has 1 aliphatic carbocycles. The summed E-state index contributed by atoms with van der Waals surface area (Å²) in [5.74, 6) is 0. The first kappa shape index (κ1) is 13.0. The Kier molecular flexibility index (Phi) is 2.59. The maximum Gasteiger partial charge on any atom is 0.0636 e. The van der Waals surface area contributed by atoms with E-state index in [1.807, 2.05) is 36.4 Å². The van der Waals surface area contributed by atoms with Crippen molar-refractivity contribution in [3.63, 3.8) is 0 Å². The highest BCUT2D eigenvalue weighted by atomic mass is 32.2. The molecule has 38 heavy (non-hydrogen) atoms. The lowest BCUT2D eigenvalue weighted by Crippen LogP contribution is -1.99. The SMILES string of the molecule is [2H]c1c([2H])c([2H])c2c(Cc3ccc4c5c(cccc35)-c3ccccc3S4)c3c(c([2H])c2c1[2H])-c1c([2H])c([2H])c([2H])c2c([2H])c([2H])c([2H])c-3c12. The third-order valence-corrected chi connectivity index (χ3v) is 8.78. The van der Waals surface area contributed by atoms with E-state index >= 15 is 0 Å². The highest BCUT2D eigenvalue weighted by Crippen LogP contribution is 2.52. The van der Waals surface area contributed by atoms with Crippen LogP contribution in [0.15, 0.2) is 131 Å². The van der Waals surface area contributed by atoms with Crippen LogP contribution < -0.4 is 0 Å². The maximum absolute atomic E-state index is 9.43. The predicted molar refractivity (Wildman–Crippen MR) is 162 cm³/mol. The van der Waals surface area contributed by atoms with Crippen molar-refractivity contribution < 1.29 is 15.1 Å². The molecule has 1 heteroatoms. The summed E-state index contributed by atoms with van der Waals surface area (Å²) >= 11 is 1.67. The normalized spacial score (nSPS) is 16.8. The van der Waals surface area contributed by atoms with Crippen molar-refractivity contribution in [2.75, 3.05) is 0 Å². The fourth-order valence-corrected chi connectivity index (χ4v) is 7.19. The number of benzene rings is 7. The Bertz CT molecular complexity index is 2730. The molecule has 0 radical (unpaired) electrons. The monoisotopic (exact) mass is 509 g/mol. The molecular weight excluding hydrogens is 476 g/mol. The van der Waals surface area contributed by atoms with Crippen molar-refractivity contribution in [1.82, 2.24) is 0 Å². The van der Waals surface area contributed by atoms with Crippen molar-refractivity contribution in [3.05, 3.63) is 132 Å². The maximum atomic E-state index is 9.43. The molecule has 0 saturated carbocycles. The lowest BCUT2D eigenvalue weighted by Gasteiger charge is -2.22. The Morgan fingerprint density at radius 2 is 1.37 bits per heavy atom. The van der Waals surface area contributed by atoms with Gasteiger partial charge in [-0.3, -0.25) is 0 Å². The van der Waals surface area contributed by atoms with Crippen LogP contribution >= 0.6 is 11.8 Å². The van der Waals surface area contributed by atoms with Crippen LogP contribution in [0.1, 0.15) is 26.2 Å². The summed E-state index contributed by atoms with van der Waals surface area (Å²) in [6, 6.07) is 13.8. The van der Waals surface area contributed by atoms with Gasteiger partial charge in [0.2, 0.25) is 0 Å². The minimum Gasteiger partial charge on any atom is -0.0888 e. The molecule has 9 rings (SSSR count). The fourth-order valence-electron chi connectivity index (χ4n) is 6.07. The van der Waals surface area contributed by atoms with Gasteiger partial charge >= 0.3 is 0 Å². The van der Waals surface area contributed by atoms with Crippen molar-refractivity contribution in [3.8, 4) is 33.4 Å². The van der Waals surface area contributed by atoms with E-state index < -0.39 is 42.3 Å². The van der Waals surface area contributed by atoms with Crippen LogP contribution in [0.2, 0.25) is 0 Å². The Balaban J connectivity index is 1.46. The highest BCUT2D eigenvalue weighted by Gasteiger charge is 2.26. The first-order valence-corrected chi connectivity index (χ1v) is 13.2. The first-order chi connectivity index (χ1) is 23.4. The van der Waals surface area contributed by atoms with E-state index in [0.717, 1.165) is 37.3 Å². The lowest BCUT2D eigenvalue weighted by molar-refractivity contribution is 1.23. The van der Waals surface area contributed by atoms with E-state index in [1.165, 1.54) is 0 Å². The number of rotatable bonds is 2. The molecule has 0 bridgehead atoms. The molecule has 1 aliphatic heterocycles. The molecule has 0 atom stereocenters. The van der Waals surface area contributed by atoms with Crippen molar-refractivity contribution in [2.45, 2.75) is 16.2 Å². The van der Waals surface area contributed by atoms with Crippen LogP contribution in [0.5, 0.6) is 0 Å². The molecule has 2 aliphatic rings. The Morgan fingerprint density at radius 1 is 0.553 bits per heavy atom. The fraction of sp³-hybridized carbons (Fsp3) is 0.0270. The second kappa shape index (κ2) is 7.60. The number of hydrogen-bond acceptors (Lipinski definition) is 1. The number of fused-ring (bicyclic) bond motifs is 6. The molecule has 0 nitrogen and oxygen atoms in total. The van der Waals surface area contributed by atoms with Crippen LogP contribution in [0.3, 0.4) is 0 Å². The standard InChI is InChI=1S/C37H22S/c1-2-11-25-23(8-1)20-32-29-14-5-9-22-10-6-16-30(35(22)29)36(32)31(25)21-24-18-19-34-37-26(24)13-7-15-28(37)27-12-3-4-17-33(27)38-34/h1-20H,21H2/i1D,2D,5D,6D,8D,9D,10D,11D,14D,16D,20D. The summed E-state index contributed by atoms with van der Waals surface area (Å²) in [5.41, 5.74) is 4.04. The molecule has 0 spiro atoms. The molecule has 1 heterocycles. The molecule has 0 unspecified atom stereocenters. The van der Waals surface area contributed by atoms with E-state index in [-0.39, 0.29) is 74.4 Å². The summed E-state index contributed by atoms with van der Waals surface area (Å²) in [5, 5.41) is 2.16. The van der Waals surface area contributed by atoms with E-state index in [9.17, 15) is 1.37 Å². The largest absolute Gasteiger partial charge is 0.0888 e. The Labute approximate surface area is 241 Å². The zero-order valence-electron chi connectivity index (χ0n) is 30.8. The molecule has 7 aromatic rings. The van der Waals surface area contributed by atoms with Gasteiger partial charge in [0.15, 0.2) is 0 Å². The van der Waals surface area contributed by atoms with Crippen molar-refractivity contribution in [2.24, 2.45) is 0 Å². The third kappa shape index (κ3) is 2.72. The summed E-state index contributed by atoms with van der Waals surface area (Å²) in [6.07, 6.45) is 0.118. The molecule has 176 valence electrons. The van der Waals surface area contributed by atoms with Gasteiger partial charge in [-0.05, 0) is 96.0 Å². The van der Waals surface area contributed by atoms with Gasteiger partial charge in [-0.25, -0.2) is 0 Å². The van der Waals surface area contributed by atoms with Gasteiger partial charge in [-0.2, -0.15) is 0 Å². The van der Waals surface area contributed by atoms with Crippen molar-refractivity contribution >= 4 is 44.1 Å². The van der Waals surface area contributed by atoms with Crippen LogP contribution in [0.4, 0.5) is 0 Å². The van der Waals surface area contributed by atoms with Crippen LogP contribution in [0.25, 0.3) is 65.7 Å². The average Bonchev–Trinajstić information content (AvgIpc) is 3.46.